The number of carboxylic acids is 1. The Morgan fingerprint density at radius 3 is 2.52 bits per heavy atom. The third-order valence-electron chi connectivity index (χ3n) is 3.67. The van der Waals surface area contributed by atoms with E-state index in [1.165, 1.54) is 31.4 Å². The normalized spacial score (nSPS) is 10.0. The van der Waals surface area contributed by atoms with Crippen molar-refractivity contribution in [3.8, 4) is 5.75 Å². The van der Waals surface area contributed by atoms with Gasteiger partial charge in [-0.25, -0.2) is 0 Å². The number of nitro benzene ring substituents is 1. The fourth-order valence-electron chi connectivity index (χ4n) is 2.29. The van der Waals surface area contributed by atoms with Crippen molar-refractivity contribution in [1.29, 1.82) is 0 Å². The van der Waals surface area contributed by atoms with Crippen LogP contribution in [0.5, 0.6) is 5.75 Å². The van der Waals surface area contributed by atoms with Crippen molar-refractivity contribution >= 4 is 40.6 Å². The van der Waals surface area contributed by atoms with Gasteiger partial charge in [0.15, 0.2) is 10.9 Å². The Hall–Kier alpha value is -3.53. The van der Waals surface area contributed by atoms with Gasteiger partial charge in [-0.2, -0.15) is 0 Å². The minimum absolute atomic E-state index is 0.00635. The van der Waals surface area contributed by atoms with Gasteiger partial charge < -0.3 is 20.0 Å². The number of amides is 1. The van der Waals surface area contributed by atoms with Crippen LogP contribution in [-0.4, -0.2) is 29.0 Å². The van der Waals surface area contributed by atoms with E-state index in [1.807, 2.05) is 0 Å². The van der Waals surface area contributed by atoms with E-state index in [1.54, 1.807) is 13.0 Å². The highest BCUT2D eigenvalue weighted by atomic mass is 32.1. The van der Waals surface area contributed by atoms with Crippen LogP contribution in [0.25, 0.3) is 0 Å². The van der Waals surface area contributed by atoms with Crippen molar-refractivity contribution < 1.29 is 24.4 Å². The van der Waals surface area contributed by atoms with Crippen LogP contribution >= 0.6 is 12.2 Å². The summed E-state index contributed by atoms with van der Waals surface area (Å²) in [5.41, 5.74) is 0.394. The zero-order valence-corrected chi connectivity index (χ0v) is 15.1. The molecule has 140 valence electrons. The number of carbonyl (C=O) groups excluding carboxylic acids is 2. The molecule has 0 spiro atoms. The third kappa shape index (κ3) is 4.55. The number of anilines is 1. The Morgan fingerprint density at radius 2 is 1.93 bits per heavy atom. The first-order valence-electron chi connectivity index (χ1n) is 7.50. The summed E-state index contributed by atoms with van der Waals surface area (Å²) >= 11 is 5.05. The summed E-state index contributed by atoms with van der Waals surface area (Å²) in [7, 11) is 1.28. The molecular weight excluding hydrogens is 374 g/mol. The molecule has 0 atom stereocenters. The van der Waals surface area contributed by atoms with E-state index in [9.17, 15) is 24.8 Å². The van der Waals surface area contributed by atoms with Gasteiger partial charge >= 0.3 is 5.69 Å². The number of carbonyl (C=O) groups is 2. The first-order chi connectivity index (χ1) is 12.7. The van der Waals surface area contributed by atoms with Crippen LogP contribution in [0.1, 0.15) is 26.3 Å². The molecule has 0 aliphatic carbocycles. The van der Waals surface area contributed by atoms with Crippen molar-refractivity contribution in [2.75, 3.05) is 12.4 Å². The molecule has 2 rings (SSSR count). The summed E-state index contributed by atoms with van der Waals surface area (Å²) in [6, 6.07) is 8.19. The lowest BCUT2D eigenvalue weighted by Gasteiger charge is -2.15. The Labute approximate surface area is 159 Å². The molecule has 2 aromatic rings. The van der Waals surface area contributed by atoms with Crippen LogP contribution in [0.4, 0.5) is 11.4 Å². The van der Waals surface area contributed by atoms with Crippen LogP contribution in [0.3, 0.4) is 0 Å². The van der Waals surface area contributed by atoms with E-state index in [4.69, 9.17) is 17.0 Å². The second-order valence-corrected chi connectivity index (χ2v) is 5.73. The van der Waals surface area contributed by atoms with Crippen LogP contribution in [0.2, 0.25) is 0 Å². The number of hydrogen-bond donors (Lipinski definition) is 2. The predicted molar refractivity (Wildman–Crippen MR) is 98.8 cm³/mol. The van der Waals surface area contributed by atoms with E-state index < -0.39 is 16.8 Å². The number of ether oxygens (including phenoxy) is 1. The Balaban J connectivity index is 2.16. The molecule has 0 aliphatic rings. The number of nitrogens with zero attached hydrogens (tertiary/aromatic N) is 1. The van der Waals surface area contributed by atoms with Crippen molar-refractivity contribution in [3.63, 3.8) is 0 Å². The molecule has 1 amide bonds. The molecule has 0 bridgehead atoms. The zero-order chi connectivity index (χ0) is 20.1. The molecule has 0 heterocycles. The molecule has 0 unspecified atom stereocenters. The summed E-state index contributed by atoms with van der Waals surface area (Å²) in [6.07, 6.45) is 0. The minimum atomic E-state index is -1.34. The van der Waals surface area contributed by atoms with Gasteiger partial charge in [-0.15, -0.1) is 0 Å². The van der Waals surface area contributed by atoms with E-state index in [0.717, 1.165) is 6.07 Å². The topological polar surface area (TPSA) is 134 Å². The third-order valence-corrected chi connectivity index (χ3v) is 3.87. The minimum Gasteiger partial charge on any atom is -0.545 e. The summed E-state index contributed by atoms with van der Waals surface area (Å²) in [6.45, 7) is 1.56. The summed E-state index contributed by atoms with van der Waals surface area (Å²) < 4.78 is 4.88. The predicted octanol–water partition coefficient (Wildman–Crippen LogP) is 1.40. The van der Waals surface area contributed by atoms with Crippen LogP contribution in [0, 0.1) is 17.0 Å². The molecule has 0 saturated heterocycles. The van der Waals surface area contributed by atoms with Gasteiger partial charge in [0.2, 0.25) is 0 Å². The van der Waals surface area contributed by atoms with Crippen molar-refractivity contribution in [2.24, 2.45) is 0 Å². The number of carboxylic acid groups (broad SMARTS) is 1. The number of nitro groups is 1. The Morgan fingerprint density at radius 1 is 1.22 bits per heavy atom. The van der Waals surface area contributed by atoms with Gasteiger partial charge in [-0.05, 0) is 42.9 Å². The maximum absolute atomic E-state index is 12.3. The number of methoxy groups -OCH3 is 1. The van der Waals surface area contributed by atoms with Gasteiger partial charge in [0.25, 0.3) is 5.91 Å². The molecule has 2 aromatic carbocycles. The first-order valence-corrected chi connectivity index (χ1v) is 7.91. The smallest absolute Gasteiger partial charge is 0.311 e. The molecular formula is C17H14N3O6S-. The molecule has 0 fully saturated rings. The van der Waals surface area contributed by atoms with Gasteiger partial charge in [0, 0.05) is 22.9 Å². The second kappa shape index (κ2) is 8.23. The second-order valence-electron chi connectivity index (χ2n) is 5.32. The highest BCUT2D eigenvalue weighted by molar-refractivity contribution is 7.80. The Kier molecular flexibility index (Phi) is 6.03. The summed E-state index contributed by atoms with van der Waals surface area (Å²) in [5.74, 6) is -1.99. The molecule has 0 aliphatic heterocycles. The van der Waals surface area contributed by atoms with E-state index in [2.05, 4.69) is 10.6 Å². The number of rotatable bonds is 5. The fraction of sp³-hybridized carbons (Fsp3) is 0.118. The highest BCUT2D eigenvalue weighted by Gasteiger charge is 2.19. The quantitative estimate of drug-likeness (QED) is 0.446. The summed E-state index contributed by atoms with van der Waals surface area (Å²) in [4.78, 5) is 33.7. The molecule has 27 heavy (non-hydrogen) atoms. The lowest BCUT2D eigenvalue weighted by molar-refractivity contribution is -0.385. The van der Waals surface area contributed by atoms with Crippen molar-refractivity contribution in [3.05, 3.63) is 63.2 Å². The maximum atomic E-state index is 12.3. The first kappa shape index (κ1) is 19.8. The van der Waals surface area contributed by atoms with E-state index >= 15 is 0 Å². The van der Waals surface area contributed by atoms with E-state index in [-0.39, 0.29) is 27.7 Å². The largest absolute Gasteiger partial charge is 0.545 e. The molecule has 9 nitrogen and oxygen atoms in total. The number of thiocarbonyl (C=S) groups is 1. The van der Waals surface area contributed by atoms with Gasteiger partial charge in [0.1, 0.15) is 0 Å². The average molecular weight is 388 g/mol. The number of hydrogen-bond acceptors (Lipinski definition) is 7. The molecule has 0 aromatic heterocycles. The van der Waals surface area contributed by atoms with Crippen LogP contribution < -0.4 is 20.5 Å². The molecule has 10 heteroatoms. The average Bonchev–Trinajstić information content (AvgIpc) is 2.62. The fourth-order valence-corrected chi connectivity index (χ4v) is 2.50. The Bertz CT molecular complexity index is 944. The monoisotopic (exact) mass is 388 g/mol. The highest BCUT2D eigenvalue weighted by Crippen LogP contribution is 2.27. The van der Waals surface area contributed by atoms with Crippen molar-refractivity contribution in [2.45, 2.75) is 6.92 Å². The standard InChI is InChI=1S/C17H15N3O6S/c1-9-11(16(22)23)4-3-5-12(9)18-17(27)19-15(21)10-6-7-14(26-2)13(8-10)20(24)25/h3-8H,1-2H3,(H,22,23)(H2,18,19,21,27)/p-1. The summed E-state index contributed by atoms with van der Waals surface area (Å²) in [5, 5.41) is 27.1. The lowest BCUT2D eigenvalue weighted by Crippen LogP contribution is -2.34. The van der Waals surface area contributed by atoms with Crippen molar-refractivity contribution in [1.82, 2.24) is 5.32 Å². The van der Waals surface area contributed by atoms with Gasteiger partial charge in [-0.3, -0.25) is 20.2 Å². The molecule has 2 N–H and O–H groups in total. The van der Waals surface area contributed by atoms with Crippen LogP contribution in [-0.2, 0) is 0 Å². The zero-order valence-electron chi connectivity index (χ0n) is 14.3. The maximum Gasteiger partial charge on any atom is 0.311 e. The van der Waals surface area contributed by atoms with E-state index in [0.29, 0.717) is 11.3 Å². The van der Waals surface area contributed by atoms with Gasteiger partial charge in [0.05, 0.1) is 18.0 Å². The number of nitrogens with one attached hydrogen (secondary N) is 2. The number of aromatic carboxylic acids is 1. The SMILES string of the molecule is COc1ccc(C(=O)NC(=S)Nc2cccc(C(=O)[O-])c2C)cc1[N+](=O)[O-]. The number of benzene rings is 2. The molecule has 0 saturated carbocycles. The lowest BCUT2D eigenvalue weighted by atomic mass is 10.1. The van der Waals surface area contributed by atoms with Gasteiger partial charge in [-0.1, -0.05) is 12.1 Å². The van der Waals surface area contributed by atoms with Crippen LogP contribution in [0.15, 0.2) is 36.4 Å². The molecule has 0 radical (unpaired) electrons.